The molecule has 1 aromatic rings. The molecule has 0 amide bonds. The van der Waals surface area contributed by atoms with Crippen LogP contribution in [0.2, 0.25) is 5.02 Å². The zero-order valence-electron chi connectivity index (χ0n) is 18.9. The van der Waals surface area contributed by atoms with Crippen molar-refractivity contribution in [2.45, 2.75) is 69.2 Å². The average Bonchev–Trinajstić information content (AvgIpc) is 3.47. The van der Waals surface area contributed by atoms with Crippen LogP contribution < -0.4 is 0 Å². The minimum atomic E-state index is -0.815. The molecule has 0 unspecified atom stereocenters. The number of hydrogen-bond donors (Lipinski definition) is 1. The van der Waals surface area contributed by atoms with Crippen molar-refractivity contribution in [2.24, 2.45) is 23.2 Å². The van der Waals surface area contributed by atoms with Gasteiger partial charge in [0.25, 0.3) is 0 Å². The van der Waals surface area contributed by atoms with Crippen molar-refractivity contribution < 1.29 is 19.4 Å². The van der Waals surface area contributed by atoms with Crippen molar-refractivity contribution in [1.29, 1.82) is 0 Å². The van der Waals surface area contributed by atoms with Gasteiger partial charge in [0.2, 0.25) is 0 Å². The predicted molar refractivity (Wildman–Crippen MR) is 121 cm³/mol. The summed E-state index contributed by atoms with van der Waals surface area (Å²) in [6.07, 6.45) is 7.09. The highest BCUT2D eigenvalue weighted by Crippen LogP contribution is 2.62. The molecule has 174 valence electrons. The minimum Gasteiger partial charge on any atom is -0.462 e. The Kier molecular flexibility index (Phi) is 4.97. The summed E-state index contributed by atoms with van der Waals surface area (Å²) < 4.78 is 12.0. The molecular formula is C26H34ClNO4. The van der Waals surface area contributed by atoms with E-state index in [1.165, 1.54) is 19.3 Å². The first-order valence-electron chi connectivity index (χ1n) is 12.4. The third-order valence-corrected chi connectivity index (χ3v) is 9.85. The van der Waals surface area contributed by atoms with E-state index in [0.717, 1.165) is 44.6 Å². The van der Waals surface area contributed by atoms with Crippen LogP contribution in [0.4, 0.5) is 0 Å². The van der Waals surface area contributed by atoms with Crippen molar-refractivity contribution >= 4 is 17.6 Å². The molecule has 6 atom stereocenters. The van der Waals surface area contributed by atoms with Crippen LogP contribution >= 0.6 is 11.6 Å². The van der Waals surface area contributed by atoms with Crippen molar-refractivity contribution in [1.82, 2.24) is 4.90 Å². The molecule has 1 aromatic carbocycles. The lowest BCUT2D eigenvalue weighted by Crippen LogP contribution is -2.51. The van der Waals surface area contributed by atoms with Gasteiger partial charge in [-0.05, 0) is 74.0 Å². The van der Waals surface area contributed by atoms with Crippen molar-refractivity contribution in [3.63, 3.8) is 0 Å². The van der Waals surface area contributed by atoms with Crippen LogP contribution in [0.15, 0.2) is 24.3 Å². The highest BCUT2D eigenvalue weighted by Gasteiger charge is 2.65. The Morgan fingerprint density at radius 2 is 1.88 bits per heavy atom. The van der Waals surface area contributed by atoms with E-state index in [0.29, 0.717) is 29.7 Å². The van der Waals surface area contributed by atoms with Gasteiger partial charge in [-0.3, -0.25) is 4.79 Å². The molecule has 0 bridgehead atoms. The van der Waals surface area contributed by atoms with Gasteiger partial charge in [0.1, 0.15) is 6.10 Å². The lowest BCUT2D eigenvalue weighted by Gasteiger charge is -2.51. The SMILES string of the molecule is C[C@]12CCC[C@@]3(CO3)[C@H]1C[C@@H]1[C@@H](C2)OC(=O)[C@@H]1CN1CCC(O)(c2ccc(Cl)cc2)CC1. The van der Waals surface area contributed by atoms with Crippen molar-refractivity contribution in [3.8, 4) is 0 Å². The molecule has 6 heteroatoms. The molecule has 5 nitrogen and oxygen atoms in total. The minimum absolute atomic E-state index is 0.00783. The molecule has 1 spiro atoms. The van der Waals surface area contributed by atoms with Crippen LogP contribution in [0.5, 0.6) is 0 Å². The molecular weight excluding hydrogens is 426 g/mol. The summed E-state index contributed by atoms with van der Waals surface area (Å²) in [5.41, 5.74) is 0.449. The summed E-state index contributed by atoms with van der Waals surface area (Å²) >= 11 is 6.02. The largest absolute Gasteiger partial charge is 0.462 e. The van der Waals surface area contributed by atoms with Crippen LogP contribution in [0.25, 0.3) is 0 Å². The second-order valence-corrected chi connectivity index (χ2v) is 11.9. The zero-order valence-corrected chi connectivity index (χ0v) is 19.7. The Labute approximate surface area is 195 Å². The Morgan fingerprint density at radius 3 is 2.56 bits per heavy atom. The molecule has 3 heterocycles. The van der Waals surface area contributed by atoms with Crippen LogP contribution in [0, 0.1) is 23.2 Å². The molecule has 5 fully saturated rings. The quantitative estimate of drug-likeness (QED) is 0.543. The van der Waals surface area contributed by atoms with E-state index in [4.69, 9.17) is 21.1 Å². The number of carbonyl (C=O) groups is 1. The monoisotopic (exact) mass is 459 g/mol. The van der Waals surface area contributed by atoms with Gasteiger partial charge in [0.15, 0.2) is 0 Å². The first kappa shape index (κ1) is 21.4. The molecule has 1 N–H and O–H groups in total. The van der Waals surface area contributed by atoms with Crippen LogP contribution in [-0.2, 0) is 19.9 Å². The fraction of sp³-hybridized carbons (Fsp3) is 0.731. The number of benzene rings is 1. The lowest BCUT2D eigenvalue weighted by atomic mass is 9.53. The predicted octanol–water partition coefficient (Wildman–Crippen LogP) is 4.15. The van der Waals surface area contributed by atoms with Gasteiger partial charge in [-0.2, -0.15) is 0 Å². The summed E-state index contributed by atoms with van der Waals surface area (Å²) in [6.45, 7) is 5.62. The highest BCUT2D eigenvalue weighted by molar-refractivity contribution is 6.30. The third kappa shape index (κ3) is 3.43. The van der Waals surface area contributed by atoms with E-state index >= 15 is 0 Å². The maximum absolute atomic E-state index is 12.9. The van der Waals surface area contributed by atoms with E-state index in [9.17, 15) is 9.90 Å². The number of halogens is 1. The lowest BCUT2D eigenvalue weighted by molar-refractivity contribution is -0.147. The second kappa shape index (κ2) is 7.43. The Morgan fingerprint density at radius 1 is 1.16 bits per heavy atom. The van der Waals surface area contributed by atoms with Crippen LogP contribution in [0.3, 0.4) is 0 Å². The van der Waals surface area contributed by atoms with E-state index in [1.54, 1.807) is 0 Å². The summed E-state index contributed by atoms with van der Waals surface area (Å²) in [5, 5.41) is 11.9. The Balaban J connectivity index is 1.13. The number of epoxide rings is 1. The van der Waals surface area contributed by atoms with Gasteiger partial charge in [-0.1, -0.05) is 30.7 Å². The number of hydrogen-bond acceptors (Lipinski definition) is 5. The smallest absolute Gasteiger partial charge is 0.310 e. The standard InChI is InChI=1S/C26H34ClNO4/c1-24-7-2-8-26(16-31-26)22(24)13-19-20(23(29)32-21(19)14-24)15-28-11-9-25(30,10-12-28)17-3-5-18(27)6-4-17/h3-6,19-22,30H,2,7-16H2,1H3/t19-,20+,21+,22-,24+,26+/m0/s1. The summed E-state index contributed by atoms with van der Waals surface area (Å²) in [5.74, 6) is 0.797. The molecule has 3 aliphatic heterocycles. The molecule has 3 saturated heterocycles. The molecule has 5 aliphatic rings. The highest BCUT2D eigenvalue weighted by atomic mass is 35.5. The number of rotatable bonds is 3. The van der Waals surface area contributed by atoms with Crippen LogP contribution in [-0.4, -0.2) is 53.9 Å². The number of piperidine rings is 1. The number of likely N-dealkylation sites (tertiary alicyclic amines) is 1. The molecule has 0 aromatic heterocycles. The number of fused-ring (bicyclic) bond motifs is 3. The Bertz CT molecular complexity index is 892. The fourth-order valence-corrected chi connectivity index (χ4v) is 7.72. The van der Waals surface area contributed by atoms with Gasteiger partial charge < -0.3 is 19.5 Å². The fourth-order valence-electron chi connectivity index (χ4n) is 7.60. The van der Waals surface area contributed by atoms with E-state index in [-0.39, 0.29) is 29.0 Å². The summed E-state index contributed by atoms with van der Waals surface area (Å²) in [6, 6.07) is 7.54. The molecule has 6 rings (SSSR count). The van der Waals surface area contributed by atoms with Gasteiger partial charge in [-0.15, -0.1) is 0 Å². The second-order valence-electron chi connectivity index (χ2n) is 11.4. The zero-order chi connectivity index (χ0) is 22.1. The third-order valence-electron chi connectivity index (χ3n) is 9.60. The van der Waals surface area contributed by atoms with Crippen LogP contribution in [0.1, 0.15) is 57.4 Å². The molecule has 0 radical (unpaired) electrons. The molecule has 32 heavy (non-hydrogen) atoms. The van der Waals surface area contributed by atoms with Gasteiger partial charge in [0, 0.05) is 30.6 Å². The van der Waals surface area contributed by atoms with E-state index in [2.05, 4.69) is 11.8 Å². The van der Waals surface area contributed by atoms with E-state index in [1.807, 2.05) is 24.3 Å². The Hall–Kier alpha value is -1.14. The molecule has 2 saturated carbocycles. The number of ether oxygens (including phenoxy) is 2. The number of nitrogens with zero attached hydrogens (tertiary/aromatic N) is 1. The van der Waals surface area contributed by atoms with Gasteiger partial charge in [0.05, 0.1) is 23.7 Å². The first-order chi connectivity index (χ1) is 15.3. The topological polar surface area (TPSA) is 62.3 Å². The normalized spacial score (nSPS) is 42.9. The number of carbonyl (C=O) groups excluding carboxylic acids is 1. The average molecular weight is 460 g/mol. The van der Waals surface area contributed by atoms with Crippen molar-refractivity contribution in [3.05, 3.63) is 34.9 Å². The van der Waals surface area contributed by atoms with Crippen molar-refractivity contribution in [2.75, 3.05) is 26.2 Å². The number of esters is 1. The maximum atomic E-state index is 12.9. The van der Waals surface area contributed by atoms with E-state index < -0.39 is 5.60 Å². The summed E-state index contributed by atoms with van der Waals surface area (Å²) in [7, 11) is 0. The molecule has 2 aliphatic carbocycles. The van der Waals surface area contributed by atoms with Gasteiger partial charge in [-0.25, -0.2) is 0 Å². The summed E-state index contributed by atoms with van der Waals surface area (Å²) in [4.78, 5) is 15.3. The first-order valence-corrected chi connectivity index (χ1v) is 12.7. The van der Waals surface area contributed by atoms with Gasteiger partial charge >= 0.3 is 5.97 Å². The maximum Gasteiger partial charge on any atom is 0.310 e. The number of aliphatic hydroxyl groups is 1.